The summed E-state index contributed by atoms with van der Waals surface area (Å²) in [6.45, 7) is 0.574. The maximum Gasteiger partial charge on any atom is 0.417 e. The smallest absolute Gasteiger partial charge is 0.417 e. The minimum Gasteiger partial charge on any atom is -0.467 e. The number of carbonyl (C=O) groups excluding carboxylic acids is 1. The van der Waals surface area contributed by atoms with Crippen LogP contribution in [-0.4, -0.2) is 35.0 Å². The summed E-state index contributed by atoms with van der Waals surface area (Å²) in [5.41, 5.74) is -0.625. The second kappa shape index (κ2) is 7.62. The van der Waals surface area contributed by atoms with Crippen LogP contribution in [0.4, 0.5) is 17.6 Å². The maximum absolute atomic E-state index is 13.3. The molecule has 0 radical (unpaired) electrons. The van der Waals surface area contributed by atoms with Gasteiger partial charge in [-0.3, -0.25) is 4.79 Å². The lowest BCUT2D eigenvalue weighted by Gasteiger charge is -2.32. The third kappa shape index (κ3) is 4.19. The molecule has 4 rings (SSSR count). The molecular weight excluding hydrogens is 408 g/mol. The molecule has 0 atom stereocenters. The van der Waals surface area contributed by atoms with Gasteiger partial charge in [-0.25, -0.2) is 9.37 Å². The van der Waals surface area contributed by atoms with Crippen LogP contribution in [0.2, 0.25) is 0 Å². The summed E-state index contributed by atoms with van der Waals surface area (Å²) in [4.78, 5) is 18.3. The van der Waals surface area contributed by atoms with Gasteiger partial charge >= 0.3 is 6.18 Å². The van der Waals surface area contributed by atoms with Crippen molar-refractivity contribution >= 4 is 27.5 Å². The van der Waals surface area contributed by atoms with Gasteiger partial charge in [0, 0.05) is 25.9 Å². The highest BCUT2D eigenvalue weighted by atomic mass is 32.1. The Morgan fingerprint density at radius 2 is 1.86 bits per heavy atom. The summed E-state index contributed by atoms with van der Waals surface area (Å²) in [6.07, 6.45) is -3.84. The molecule has 1 amide bonds. The molecule has 0 unspecified atom stereocenters. The molecule has 0 bridgehead atoms. The van der Waals surface area contributed by atoms with E-state index < -0.39 is 17.6 Å². The van der Waals surface area contributed by atoms with Crippen LogP contribution < -0.4 is 4.74 Å². The third-order valence-corrected chi connectivity index (χ3v) is 5.70. The van der Waals surface area contributed by atoms with Gasteiger partial charge in [0.1, 0.15) is 11.9 Å². The van der Waals surface area contributed by atoms with Crippen LogP contribution in [0.5, 0.6) is 5.19 Å². The minimum atomic E-state index is -4.58. The molecule has 1 aliphatic rings. The molecule has 9 heteroatoms. The van der Waals surface area contributed by atoms with E-state index in [-0.39, 0.29) is 30.6 Å². The lowest BCUT2D eigenvalue weighted by atomic mass is 10.0. The molecule has 1 saturated heterocycles. The van der Waals surface area contributed by atoms with Crippen molar-refractivity contribution in [1.29, 1.82) is 0 Å². The molecule has 0 aliphatic carbocycles. The van der Waals surface area contributed by atoms with E-state index in [1.54, 1.807) is 6.07 Å². The fraction of sp³-hybridized carbons (Fsp3) is 0.300. The second-order valence-corrected chi connectivity index (χ2v) is 7.74. The molecule has 29 heavy (non-hydrogen) atoms. The highest BCUT2D eigenvalue weighted by Crippen LogP contribution is 2.33. The zero-order chi connectivity index (χ0) is 20.6. The van der Waals surface area contributed by atoms with Crippen molar-refractivity contribution in [3.8, 4) is 5.19 Å². The van der Waals surface area contributed by atoms with E-state index in [1.165, 1.54) is 46.6 Å². The van der Waals surface area contributed by atoms with Crippen LogP contribution in [0.25, 0.3) is 10.2 Å². The Balaban J connectivity index is 1.41. The molecule has 2 heterocycles. The van der Waals surface area contributed by atoms with E-state index in [4.69, 9.17) is 4.74 Å². The number of hydrogen-bond donors (Lipinski definition) is 0. The molecule has 152 valence electrons. The Kier molecular flexibility index (Phi) is 5.16. The lowest BCUT2D eigenvalue weighted by molar-refractivity contribution is -0.138. The Hall–Kier alpha value is -2.68. The topological polar surface area (TPSA) is 42.4 Å². The summed E-state index contributed by atoms with van der Waals surface area (Å²) >= 11 is 1.23. The number of carbonyl (C=O) groups is 1. The molecule has 3 aromatic rings. The number of thiazole rings is 1. The zero-order valence-electron chi connectivity index (χ0n) is 15.1. The van der Waals surface area contributed by atoms with E-state index in [0.29, 0.717) is 28.3 Å². The van der Waals surface area contributed by atoms with Gasteiger partial charge in [-0.15, -0.1) is 0 Å². The monoisotopic (exact) mass is 424 g/mol. The van der Waals surface area contributed by atoms with Gasteiger partial charge in [-0.05, 0) is 30.3 Å². The fourth-order valence-electron chi connectivity index (χ4n) is 3.33. The fourth-order valence-corrected chi connectivity index (χ4v) is 4.24. The molecule has 0 spiro atoms. The highest BCUT2D eigenvalue weighted by Gasteiger charge is 2.36. The van der Waals surface area contributed by atoms with E-state index in [0.717, 1.165) is 6.07 Å². The van der Waals surface area contributed by atoms with Crippen molar-refractivity contribution in [2.45, 2.75) is 25.1 Å². The average molecular weight is 424 g/mol. The summed E-state index contributed by atoms with van der Waals surface area (Å²) < 4.78 is 59.4. The first-order chi connectivity index (χ1) is 13.8. The number of fused-ring (bicyclic) bond motifs is 1. The van der Waals surface area contributed by atoms with E-state index in [1.807, 2.05) is 0 Å². The molecule has 1 aromatic heterocycles. The van der Waals surface area contributed by atoms with Crippen molar-refractivity contribution in [2.24, 2.45) is 0 Å². The minimum absolute atomic E-state index is 0.206. The van der Waals surface area contributed by atoms with Gasteiger partial charge in [-0.2, -0.15) is 13.2 Å². The highest BCUT2D eigenvalue weighted by molar-refractivity contribution is 7.20. The number of aromatic nitrogens is 1. The lowest BCUT2D eigenvalue weighted by Crippen LogP contribution is -2.42. The van der Waals surface area contributed by atoms with Crippen LogP contribution >= 0.6 is 11.3 Å². The van der Waals surface area contributed by atoms with Crippen LogP contribution in [0.1, 0.15) is 28.8 Å². The molecule has 4 nitrogen and oxygen atoms in total. The molecule has 0 N–H and O–H groups in total. The van der Waals surface area contributed by atoms with Crippen LogP contribution in [0, 0.1) is 5.82 Å². The Labute approximate surface area is 167 Å². The van der Waals surface area contributed by atoms with Gasteiger partial charge < -0.3 is 9.64 Å². The van der Waals surface area contributed by atoms with Crippen molar-refractivity contribution in [3.63, 3.8) is 0 Å². The first-order valence-electron chi connectivity index (χ1n) is 8.99. The molecule has 1 fully saturated rings. The van der Waals surface area contributed by atoms with E-state index in [9.17, 15) is 22.4 Å². The van der Waals surface area contributed by atoms with Crippen LogP contribution in [0.15, 0.2) is 42.5 Å². The second-order valence-electron chi connectivity index (χ2n) is 6.74. The number of halogens is 4. The SMILES string of the molecule is O=C(c1ccccc1C(F)(F)F)N1CCC(Oc2nc3ccc(F)cc3s2)CC1. The zero-order valence-corrected chi connectivity index (χ0v) is 15.9. The number of likely N-dealkylation sites (tertiary alicyclic amines) is 1. The molecule has 1 aliphatic heterocycles. The average Bonchev–Trinajstić information content (AvgIpc) is 3.08. The number of ether oxygens (including phenoxy) is 1. The number of piperidine rings is 1. The predicted octanol–water partition coefficient (Wildman–Crippen LogP) is 5.14. The summed E-state index contributed by atoms with van der Waals surface area (Å²) in [7, 11) is 0. The van der Waals surface area contributed by atoms with Crippen molar-refractivity contribution in [3.05, 3.63) is 59.4 Å². The standard InChI is InChI=1S/C20H16F4N2O2S/c21-12-5-6-16-17(11-12)29-19(25-16)28-13-7-9-26(10-8-13)18(27)14-3-1-2-4-15(14)20(22,23)24/h1-6,11,13H,7-10H2. The van der Waals surface area contributed by atoms with E-state index >= 15 is 0 Å². The predicted molar refractivity (Wildman–Crippen MR) is 101 cm³/mol. The van der Waals surface area contributed by atoms with Gasteiger partial charge in [0.15, 0.2) is 0 Å². The van der Waals surface area contributed by atoms with Crippen molar-refractivity contribution in [1.82, 2.24) is 9.88 Å². The normalized spacial score (nSPS) is 15.7. The number of rotatable bonds is 3. The number of nitrogens with zero attached hydrogens (tertiary/aromatic N) is 2. The molecule has 0 saturated carbocycles. The van der Waals surface area contributed by atoms with Crippen LogP contribution in [0.3, 0.4) is 0 Å². The van der Waals surface area contributed by atoms with Gasteiger partial charge in [0.25, 0.3) is 11.1 Å². The van der Waals surface area contributed by atoms with Gasteiger partial charge in [0.2, 0.25) is 0 Å². The first-order valence-corrected chi connectivity index (χ1v) is 9.81. The summed E-state index contributed by atoms with van der Waals surface area (Å²) in [5, 5.41) is 0.415. The maximum atomic E-state index is 13.3. The third-order valence-electron chi connectivity index (χ3n) is 4.79. The first kappa shape index (κ1) is 19.6. The van der Waals surface area contributed by atoms with Gasteiger partial charge in [0.05, 0.1) is 21.3 Å². The Morgan fingerprint density at radius 3 is 2.59 bits per heavy atom. The Morgan fingerprint density at radius 1 is 1.14 bits per heavy atom. The van der Waals surface area contributed by atoms with Crippen molar-refractivity contribution < 1.29 is 27.1 Å². The number of benzene rings is 2. The molecule has 2 aromatic carbocycles. The molecular formula is C20H16F4N2O2S. The van der Waals surface area contributed by atoms with Gasteiger partial charge in [-0.1, -0.05) is 23.5 Å². The van der Waals surface area contributed by atoms with Crippen molar-refractivity contribution in [2.75, 3.05) is 13.1 Å². The number of hydrogen-bond acceptors (Lipinski definition) is 4. The largest absolute Gasteiger partial charge is 0.467 e. The Bertz CT molecular complexity index is 1040. The van der Waals surface area contributed by atoms with Crippen LogP contribution in [-0.2, 0) is 6.18 Å². The van der Waals surface area contributed by atoms with E-state index in [2.05, 4.69) is 4.98 Å². The summed E-state index contributed by atoms with van der Waals surface area (Å²) in [6, 6.07) is 9.10. The number of amides is 1. The summed E-state index contributed by atoms with van der Waals surface area (Å²) in [5.74, 6) is -0.981. The number of alkyl halides is 3. The quantitative estimate of drug-likeness (QED) is 0.547.